The molecule has 6 nitrogen and oxygen atoms in total. The number of pyridine rings is 1. The van der Waals surface area contributed by atoms with Crippen molar-refractivity contribution in [1.82, 2.24) is 4.98 Å². The highest BCUT2D eigenvalue weighted by atomic mass is 35.5. The minimum absolute atomic E-state index is 0.139. The number of nitrogens with zero attached hydrogens (tertiary/aromatic N) is 2. The van der Waals surface area contributed by atoms with Gasteiger partial charge in [0.25, 0.3) is 5.88 Å². The molecule has 1 heterocycles. The molecule has 0 amide bonds. The number of halogens is 2. The van der Waals surface area contributed by atoms with Crippen LogP contribution in [0, 0.1) is 5.82 Å². The second-order valence-electron chi connectivity index (χ2n) is 5.13. The molecule has 2 rings (SSSR count). The molecule has 0 spiro atoms. The maximum Gasteiger partial charge on any atom is 0.255 e. The average molecular weight is 365 g/mol. The van der Waals surface area contributed by atoms with E-state index >= 15 is 0 Å². The Kier molecular flexibility index (Phi) is 6.88. The molecular formula is C17H18ClFN4O2. The highest BCUT2D eigenvalue weighted by Gasteiger charge is 2.08. The van der Waals surface area contributed by atoms with Crippen LogP contribution in [-0.4, -0.2) is 35.5 Å². The summed E-state index contributed by atoms with van der Waals surface area (Å²) in [6, 6.07) is 7.53. The lowest BCUT2D eigenvalue weighted by atomic mass is 10.1. The summed E-state index contributed by atoms with van der Waals surface area (Å²) in [6.45, 7) is 0.150. The highest BCUT2D eigenvalue weighted by molar-refractivity contribution is 6.30. The molecule has 0 saturated carbocycles. The molecule has 1 aromatic heterocycles. The molecule has 0 aliphatic rings. The minimum atomic E-state index is -0.647. The molecule has 1 atom stereocenters. The monoisotopic (exact) mass is 364 g/mol. The lowest BCUT2D eigenvalue weighted by Gasteiger charge is -2.08. The fourth-order valence-electron chi connectivity index (χ4n) is 1.86. The predicted octanol–water partition coefficient (Wildman–Crippen LogP) is 2.36. The number of aliphatic hydroxyl groups excluding tert-OH is 1. The summed E-state index contributed by atoms with van der Waals surface area (Å²) in [7, 11) is 0. The number of rotatable bonds is 7. The van der Waals surface area contributed by atoms with Gasteiger partial charge in [-0.15, -0.1) is 0 Å². The van der Waals surface area contributed by atoms with Crippen LogP contribution in [-0.2, 0) is 0 Å². The molecule has 0 aliphatic carbocycles. The van der Waals surface area contributed by atoms with Crippen LogP contribution in [0.25, 0.3) is 5.57 Å². The zero-order valence-electron chi connectivity index (χ0n) is 13.3. The molecule has 25 heavy (non-hydrogen) atoms. The van der Waals surface area contributed by atoms with Gasteiger partial charge >= 0.3 is 0 Å². The SMILES string of the molecule is N/C=C(\C=NC[C@H](N)CO)c1ccc(Oc2ncc(Cl)cc2F)cc1. The standard InChI is InChI=1S/C17H18ClFN4O2/c18-13-5-16(19)17(23-8-13)25-15-3-1-11(2-4-15)12(6-20)7-22-9-14(21)10-24/h1-8,14,24H,9-10,20-21H2/b12-6+,22-7?/t14-/m0/s1. The summed E-state index contributed by atoms with van der Waals surface area (Å²) >= 11 is 5.65. The van der Waals surface area contributed by atoms with Crippen molar-refractivity contribution in [1.29, 1.82) is 0 Å². The Balaban J connectivity index is 2.07. The van der Waals surface area contributed by atoms with E-state index in [-0.39, 0.29) is 24.1 Å². The Morgan fingerprint density at radius 3 is 2.72 bits per heavy atom. The van der Waals surface area contributed by atoms with Gasteiger partial charge in [0.15, 0.2) is 5.82 Å². The first-order valence-corrected chi connectivity index (χ1v) is 7.78. The number of nitrogens with two attached hydrogens (primary N) is 2. The molecule has 0 aliphatic heterocycles. The fourth-order valence-corrected chi connectivity index (χ4v) is 2.01. The van der Waals surface area contributed by atoms with Crippen molar-refractivity contribution in [3.05, 3.63) is 59.1 Å². The molecule has 8 heteroatoms. The fraction of sp³-hybridized carbons (Fsp3) is 0.176. The smallest absolute Gasteiger partial charge is 0.255 e. The van der Waals surface area contributed by atoms with Crippen molar-refractivity contribution in [2.24, 2.45) is 16.5 Å². The normalized spacial score (nSPS) is 13.2. The van der Waals surface area contributed by atoms with Crippen LogP contribution >= 0.6 is 11.6 Å². The second-order valence-corrected chi connectivity index (χ2v) is 5.56. The molecule has 5 N–H and O–H groups in total. The predicted molar refractivity (Wildman–Crippen MR) is 96.3 cm³/mol. The van der Waals surface area contributed by atoms with E-state index in [0.717, 1.165) is 11.6 Å². The third kappa shape index (κ3) is 5.53. The van der Waals surface area contributed by atoms with Gasteiger partial charge in [0.1, 0.15) is 5.75 Å². The molecule has 0 bridgehead atoms. The summed E-state index contributed by atoms with van der Waals surface area (Å²) in [6.07, 6.45) is 4.28. The van der Waals surface area contributed by atoms with E-state index in [4.69, 9.17) is 32.9 Å². The van der Waals surface area contributed by atoms with Gasteiger partial charge in [0.2, 0.25) is 0 Å². The van der Waals surface area contributed by atoms with E-state index in [0.29, 0.717) is 11.3 Å². The summed E-state index contributed by atoms with van der Waals surface area (Å²) < 4.78 is 19.1. The van der Waals surface area contributed by atoms with Crippen molar-refractivity contribution < 1.29 is 14.2 Å². The number of hydrogen-bond acceptors (Lipinski definition) is 6. The number of aliphatic hydroxyl groups is 1. The maximum absolute atomic E-state index is 13.7. The molecular weight excluding hydrogens is 347 g/mol. The number of ether oxygens (including phenoxy) is 1. The average Bonchev–Trinajstić information content (AvgIpc) is 2.62. The van der Waals surface area contributed by atoms with Gasteiger partial charge in [-0.1, -0.05) is 23.7 Å². The zero-order valence-corrected chi connectivity index (χ0v) is 14.0. The molecule has 0 fully saturated rings. The van der Waals surface area contributed by atoms with E-state index in [9.17, 15) is 4.39 Å². The van der Waals surface area contributed by atoms with Crippen molar-refractivity contribution in [3.63, 3.8) is 0 Å². The largest absolute Gasteiger partial charge is 0.436 e. The van der Waals surface area contributed by atoms with E-state index in [1.165, 1.54) is 12.4 Å². The lowest BCUT2D eigenvalue weighted by molar-refractivity contribution is 0.269. The lowest BCUT2D eigenvalue weighted by Crippen LogP contribution is -2.27. The molecule has 1 aromatic carbocycles. The Morgan fingerprint density at radius 2 is 2.12 bits per heavy atom. The Bertz CT molecular complexity index is 766. The van der Waals surface area contributed by atoms with Crippen LogP contribution in [0.1, 0.15) is 5.56 Å². The van der Waals surface area contributed by atoms with Crippen molar-refractivity contribution >= 4 is 23.4 Å². The Labute approximate surface area is 149 Å². The third-order valence-corrected chi connectivity index (χ3v) is 3.37. The number of aromatic nitrogens is 1. The van der Waals surface area contributed by atoms with Crippen LogP contribution in [0.2, 0.25) is 5.02 Å². The minimum Gasteiger partial charge on any atom is -0.436 e. The zero-order chi connectivity index (χ0) is 18.2. The van der Waals surface area contributed by atoms with Gasteiger partial charge in [0, 0.05) is 30.2 Å². The first-order chi connectivity index (χ1) is 12.0. The Morgan fingerprint density at radius 1 is 1.40 bits per heavy atom. The molecule has 2 aromatic rings. The van der Waals surface area contributed by atoms with Gasteiger partial charge in [-0.05, 0) is 23.8 Å². The second kappa shape index (κ2) is 9.12. The van der Waals surface area contributed by atoms with Crippen LogP contribution in [0.15, 0.2) is 47.7 Å². The number of benzene rings is 1. The van der Waals surface area contributed by atoms with Crippen molar-refractivity contribution in [3.8, 4) is 11.6 Å². The van der Waals surface area contributed by atoms with Gasteiger partial charge in [-0.2, -0.15) is 0 Å². The van der Waals surface area contributed by atoms with Gasteiger partial charge in [-0.25, -0.2) is 9.37 Å². The van der Waals surface area contributed by atoms with Crippen molar-refractivity contribution in [2.75, 3.05) is 13.2 Å². The highest BCUT2D eigenvalue weighted by Crippen LogP contribution is 2.25. The quantitative estimate of drug-likeness (QED) is 0.654. The van der Waals surface area contributed by atoms with Gasteiger partial charge in [-0.3, -0.25) is 4.99 Å². The topological polar surface area (TPSA) is 107 Å². The number of hydrogen-bond donors (Lipinski definition) is 3. The first kappa shape index (κ1) is 18.9. The van der Waals surface area contributed by atoms with Gasteiger partial charge in [0.05, 0.1) is 18.2 Å². The van der Waals surface area contributed by atoms with Crippen molar-refractivity contribution in [2.45, 2.75) is 6.04 Å². The summed E-state index contributed by atoms with van der Waals surface area (Å²) in [4.78, 5) is 7.94. The summed E-state index contributed by atoms with van der Waals surface area (Å²) in [5.41, 5.74) is 12.7. The first-order valence-electron chi connectivity index (χ1n) is 7.41. The Hall–Kier alpha value is -2.48. The summed E-state index contributed by atoms with van der Waals surface area (Å²) in [5, 5.41) is 9.06. The summed E-state index contributed by atoms with van der Waals surface area (Å²) in [5.74, 6) is -0.397. The van der Waals surface area contributed by atoms with E-state index in [1.807, 2.05) is 0 Å². The van der Waals surface area contributed by atoms with Gasteiger partial charge < -0.3 is 21.3 Å². The van der Waals surface area contributed by atoms with Crippen LogP contribution in [0.5, 0.6) is 11.6 Å². The van der Waals surface area contributed by atoms with Crippen LogP contribution in [0.4, 0.5) is 4.39 Å². The van der Waals surface area contributed by atoms with E-state index in [2.05, 4.69) is 9.98 Å². The van der Waals surface area contributed by atoms with Crippen LogP contribution in [0.3, 0.4) is 0 Å². The molecule has 0 radical (unpaired) electrons. The van der Waals surface area contributed by atoms with E-state index < -0.39 is 11.9 Å². The maximum atomic E-state index is 13.7. The number of allylic oxidation sites excluding steroid dienone is 1. The van der Waals surface area contributed by atoms with E-state index in [1.54, 1.807) is 30.5 Å². The van der Waals surface area contributed by atoms with Crippen LogP contribution < -0.4 is 16.2 Å². The third-order valence-electron chi connectivity index (χ3n) is 3.16. The molecule has 0 saturated heterocycles. The molecule has 0 unspecified atom stereocenters. The number of aliphatic imine (C=N–C) groups is 1. The molecule has 132 valence electrons.